The van der Waals surface area contributed by atoms with Gasteiger partial charge >= 0.3 is 6.03 Å². The number of nitrogens with one attached hydrogen (secondary N) is 2. The van der Waals surface area contributed by atoms with Gasteiger partial charge in [0, 0.05) is 25.0 Å². The van der Waals surface area contributed by atoms with Crippen LogP contribution in [0.15, 0.2) is 60.8 Å². The van der Waals surface area contributed by atoms with E-state index in [0.717, 1.165) is 49.7 Å². The number of anilines is 1. The van der Waals surface area contributed by atoms with Gasteiger partial charge in [0.15, 0.2) is 17.3 Å². The van der Waals surface area contributed by atoms with Crippen molar-refractivity contribution in [2.75, 3.05) is 31.2 Å². The van der Waals surface area contributed by atoms with Crippen molar-refractivity contribution in [3.63, 3.8) is 0 Å². The Labute approximate surface area is 213 Å². The van der Waals surface area contributed by atoms with E-state index in [2.05, 4.69) is 37.6 Å². The smallest absolute Gasteiger partial charge is 0.315 e. The number of hydrogen-bond acceptors (Lipinski definition) is 5. The van der Waals surface area contributed by atoms with E-state index in [-0.39, 0.29) is 25.2 Å². The zero-order valence-electron chi connectivity index (χ0n) is 20.5. The molecule has 2 amide bonds. The Kier molecular flexibility index (Phi) is 7.27. The molecule has 1 aliphatic rings. The highest BCUT2D eigenvalue weighted by atomic mass is 19.2. The molecule has 0 spiro atoms. The predicted octanol–water partition coefficient (Wildman–Crippen LogP) is 4.15. The minimum Gasteiger partial charge on any atom is -0.378 e. The Morgan fingerprint density at radius 3 is 2.62 bits per heavy atom. The van der Waals surface area contributed by atoms with Crippen LogP contribution in [-0.2, 0) is 17.8 Å². The van der Waals surface area contributed by atoms with Crippen molar-refractivity contribution in [2.24, 2.45) is 0 Å². The zero-order valence-corrected chi connectivity index (χ0v) is 20.5. The lowest BCUT2D eigenvalue weighted by atomic mass is 10.1. The predicted molar refractivity (Wildman–Crippen MR) is 136 cm³/mol. The van der Waals surface area contributed by atoms with Crippen LogP contribution in [0.1, 0.15) is 29.9 Å². The summed E-state index contributed by atoms with van der Waals surface area (Å²) in [6, 6.07) is 15.0. The largest absolute Gasteiger partial charge is 0.378 e. The molecule has 1 atom stereocenters. The molecule has 1 saturated heterocycles. The second kappa shape index (κ2) is 10.9. The fourth-order valence-corrected chi connectivity index (χ4v) is 4.41. The molecule has 0 aliphatic carbocycles. The van der Waals surface area contributed by atoms with Crippen LogP contribution < -0.4 is 15.5 Å². The van der Waals surface area contributed by atoms with Crippen molar-refractivity contribution in [3.05, 3.63) is 89.4 Å². The van der Waals surface area contributed by atoms with Crippen LogP contribution in [0.3, 0.4) is 0 Å². The van der Waals surface area contributed by atoms with Gasteiger partial charge in [-0.25, -0.2) is 23.5 Å². The van der Waals surface area contributed by atoms with E-state index in [1.807, 2.05) is 25.1 Å². The first kappa shape index (κ1) is 24.6. The number of pyridine rings is 1. The molecule has 1 fully saturated rings. The summed E-state index contributed by atoms with van der Waals surface area (Å²) in [7, 11) is 0. The average Bonchev–Trinajstić information content (AvgIpc) is 3.27. The summed E-state index contributed by atoms with van der Waals surface area (Å²) in [5.74, 6) is -1.27. The van der Waals surface area contributed by atoms with Crippen LogP contribution in [0.5, 0.6) is 0 Å². The second-order valence-electron chi connectivity index (χ2n) is 8.95. The van der Waals surface area contributed by atoms with Crippen LogP contribution >= 0.6 is 0 Å². The number of amides is 2. The quantitative estimate of drug-likeness (QED) is 0.393. The highest BCUT2D eigenvalue weighted by Gasteiger charge is 2.16. The molecule has 2 aromatic heterocycles. The number of carbonyl (C=O) groups excluding carboxylic acids is 1. The number of hydrogen-bond donors (Lipinski definition) is 2. The van der Waals surface area contributed by atoms with E-state index < -0.39 is 11.6 Å². The Morgan fingerprint density at radius 1 is 1.08 bits per heavy atom. The number of carbonyl (C=O) groups is 1. The molecule has 3 heterocycles. The number of imidazole rings is 1. The van der Waals surface area contributed by atoms with Crippen molar-refractivity contribution in [2.45, 2.75) is 26.1 Å². The number of urea groups is 1. The number of benzene rings is 2. The Balaban J connectivity index is 1.24. The summed E-state index contributed by atoms with van der Waals surface area (Å²) in [5, 5.41) is 5.81. The van der Waals surface area contributed by atoms with Crippen LogP contribution in [0.4, 0.5) is 19.3 Å². The SMILES string of the molecule is CC(NC(=O)NCc1nc2cccnc2n1Cc1ccc(F)c(F)c1)c1ccc(N2CCOCC2)cc1. The maximum Gasteiger partial charge on any atom is 0.315 e. The first-order chi connectivity index (χ1) is 18.0. The third-order valence-corrected chi connectivity index (χ3v) is 6.43. The molecule has 0 radical (unpaired) electrons. The van der Waals surface area contributed by atoms with E-state index in [1.54, 1.807) is 16.8 Å². The van der Waals surface area contributed by atoms with Gasteiger partial charge in [-0.15, -0.1) is 0 Å². The molecule has 5 rings (SSSR count). The van der Waals surface area contributed by atoms with Crippen LogP contribution in [0.25, 0.3) is 11.2 Å². The molecule has 0 saturated carbocycles. The molecule has 4 aromatic rings. The highest BCUT2D eigenvalue weighted by molar-refractivity contribution is 5.75. The Bertz CT molecular complexity index is 1390. The van der Waals surface area contributed by atoms with Gasteiger partial charge in [-0.05, 0) is 54.4 Å². The lowest BCUT2D eigenvalue weighted by molar-refractivity contribution is 0.122. The number of morpholine rings is 1. The molecule has 0 bridgehead atoms. The molecule has 2 N–H and O–H groups in total. The molecule has 192 valence electrons. The fourth-order valence-electron chi connectivity index (χ4n) is 4.41. The van der Waals surface area contributed by atoms with Gasteiger partial charge in [0.1, 0.15) is 11.3 Å². The lowest BCUT2D eigenvalue weighted by Crippen LogP contribution is -2.37. The summed E-state index contributed by atoms with van der Waals surface area (Å²) in [5.41, 5.74) is 3.93. The maximum atomic E-state index is 13.8. The Morgan fingerprint density at radius 2 is 1.86 bits per heavy atom. The molecule has 2 aromatic carbocycles. The third kappa shape index (κ3) is 5.69. The standard InChI is InChI=1S/C27H28F2N6O2/c1-18(20-5-7-21(8-6-20)34-11-13-37-14-12-34)32-27(36)31-16-25-33-24-3-2-10-30-26(24)35(25)17-19-4-9-22(28)23(29)15-19/h2-10,15,18H,11-14,16-17H2,1H3,(H2,31,32,36). The van der Waals surface area contributed by atoms with Gasteiger partial charge in [0.2, 0.25) is 0 Å². The number of aromatic nitrogens is 3. The number of rotatable bonds is 7. The van der Waals surface area contributed by atoms with Gasteiger partial charge in [0.05, 0.1) is 32.3 Å². The van der Waals surface area contributed by atoms with Gasteiger partial charge in [-0.2, -0.15) is 0 Å². The monoisotopic (exact) mass is 506 g/mol. The summed E-state index contributed by atoms with van der Waals surface area (Å²) in [6.07, 6.45) is 1.64. The highest BCUT2D eigenvalue weighted by Crippen LogP contribution is 2.21. The minimum atomic E-state index is -0.916. The van der Waals surface area contributed by atoms with E-state index >= 15 is 0 Å². The van der Waals surface area contributed by atoms with E-state index in [4.69, 9.17) is 4.74 Å². The molecule has 1 unspecified atom stereocenters. The topological polar surface area (TPSA) is 84.3 Å². The van der Waals surface area contributed by atoms with Gasteiger partial charge in [-0.1, -0.05) is 18.2 Å². The summed E-state index contributed by atoms with van der Waals surface area (Å²) < 4.78 is 34.3. The van der Waals surface area contributed by atoms with Crippen molar-refractivity contribution in [3.8, 4) is 0 Å². The minimum absolute atomic E-state index is 0.133. The first-order valence-corrected chi connectivity index (χ1v) is 12.2. The van der Waals surface area contributed by atoms with E-state index in [9.17, 15) is 13.6 Å². The van der Waals surface area contributed by atoms with Gasteiger partial charge in [0.25, 0.3) is 0 Å². The maximum absolute atomic E-state index is 13.8. The van der Waals surface area contributed by atoms with Crippen molar-refractivity contribution >= 4 is 22.9 Å². The molecular weight excluding hydrogens is 478 g/mol. The van der Waals surface area contributed by atoms with Crippen LogP contribution in [0, 0.1) is 11.6 Å². The normalized spacial score (nSPS) is 14.5. The van der Waals surface area contributed by atoms with Crippen LogP contribution in [-0.4, -0.2) is 46.9 Å². The van der Waals surface area contributed by atoms with Gasteiger partial charge < -0.3 is 24.8 Å². The lowest BCUT2D eigenvalue weighted by Gasteiger charge is -2.29. The van der Waals surface area contributed by atoms with E-state index in [1.165, 1.54) is 6.07 Å². The number of ether oxygens (including phenoxy) is 1. The number of halogens is 2. The molecule has 1 aliphatic heterocycles. The summed E-state index contributed by atoms with van der Waals surface area (Å²) in [4.78, 5) is 23.9. The van der Waals surface area contributed by atoms with Crippen molar-refractivity contribution in [1.29, 1.82) is 0 Å². The Hall–Kier alpha value is -4.05. The average molecular weight is 507 g/mol. The molecular formula is C27H28F2N6O2. The van der Waals surface area contributed by atoms with Crippen molar-refractivity contribution < 1.29 is 18.3 Å². The second-order valence-corrected chi connectivity index (χ2v) is 8.95. The molecule has 37 heavy (non-hydrogen) atoms. The molecule has 8 nitrogen and oxygen atoms in total. The fraction of sp³-hybridized carbons (Fsp3) is 0.296. The molecule has 10 heteroatoms. The first-order valence-electron chi connectivity index (χ1n) is 12.2. The zero-order chi connectivity index (χ0) is 25.8. The van der Waals surface area contributed by atoms with E-state index in [0.29, 0.717) is 22.6 Å². The summed E-state index contributed by atoms with van der Waals surface area (Å²) >= 11 is 0. The van der Waals surface area contributed by atoms with Gasteiger partial charge in [-0.3, -0.25) is 0 Å². The van der Waals surface area contributed by atoms with Crippen LogP contribution in [0.2, 0.25) is 0 Å². The summed E-state index contributed by atoms with van der Waals surface area (Å²) in [6.45, 7) is 5.47. The third-order valence-electron chi connectivity index (χ3n) is 6.43. The number of fused-ring (bicyclic) bond motifs is 1. The number of nitrogens with zero attached hydrogens (tertiary/aromatic N) is 4. The van der Waals surface area contributed by atoms with Crippen molar-refractivity contribution in [1.82, 2.24) is 25.2 Å².